The summed E-state index contributed by atoms with van der Waals surface area (Å²) in [6.45, 7) is 6.24. The molecule has 0 spiro atoms. The van der Waals surface area contributed by atoms with Crippen molar-refractivity contribution in [2.75, 3.05) is 13.7 Å². The largest absolute Gasteiger partial charge is 0.462 e. The molecular weight excluding hydrogens is 382 g/mol. The van der Waals surface area contributed by atoms with Crippen molar-refractivity contribution in [3.05, 3.63) is 55.5 Å². The Bertz CT molecular complexity index is 863. The van der Waals surface area contributed by atoms with Crippen molar-refractivity contribution in [1.82, 2.24) is 15.6 Å². The molecule has 1 aromatic heterocycles. The third-order valence-corrected chi connectivity index (χ3v) is 5.15. The van der Waals surface area contributed by atoms with Crippen LogP contribution in [-0.2, 0) is 11.3 Å². The maximum absolute atomic E-state index is 12.0. The number of esters is 1. The number of rotatable bonds is 7. The van der Waals surface area contributed by atoms with Crippen LogP contribution in [0.5, 0.6) is 0 Å². The van der Waals surface area contributed by atoms with Crippen molar-refractivity contribution in [1.29, 1.82) is 0 Å². The van der Waals surface area contributed by atoms with Crippen LogP contribution in [0.4, 0.5) is 5.69 Å². The Hall–Kier alpha value is -3.01. The smallest absolute Gasteiger partial charge is 0.350 e. The summed E-state index contributed by atoms with van der Waals surface area (Å²) in [6, 6.07) is 6.14. The molecule has 0 amide bonds. The molecule has 0 saturated carbocycles. The number of nitrogens with zero attached hydrogens (tertiary/aromatic N) is 3. The Morgan fingerprint density at radius 3 is 2.64 bits per heavy atom. The minimum atomic E-state index is -0.431. The number of hydrogen-bond acceptors (Lipinski definition) is 7. The first-order chi connectivity index (χ1) is 13.3. The molecule has 9 nitrogen and oxygen atoms in total. The van der Waals surface area contributed by atoms with Crippen LogP contribution in [0.3, 0.4) is 0 Å². The normalized spacial score (nSPS) is 12.4. The van der Waals surface area contributed by atoms with Crippen LogP contribution >= 0.6 is 11.3 Å². The zero-order valence-electron chi connectivity index (χ0n) is 16.2. The molecule has 2 rings (SSSR count). The summed E-state index contributed by atoms with van der Waals surface area (Å²) in [5.41, 5.74) is 1.58. The van der Waals surface area contributed by atoms with Crippen LogP contribution in [0.25, 0.3) is 0 Å². The lowest BCUT2D eigenvalue weighted by atomic mass is 10.2. The van der Waals surface area contributed by atoms with Crippen LogP contribution in [0, 0.1) is 17.0 Å². The Morgan fingerprint density at radius 2 is 2.07 bits per heavy atom. The van der Waals surface area contributed by atoms with E-state index in [1.165, 1.54) is 23.5 Å². The average molecular weight is 405 g/mol. The monoisotopic (exact) mass is 405 g/mol. The molecule has 0 aliphatic rings. The summed E-state index contributed by atoms with van der Waals surface area (Å²) < 4.78 is 5.05. The number of aryl methyl sites for hydroxylation is 1. The van der Waals surface area contributed by atoms with Gasteiger partial charge in [-0.25, -0.2) is 9.78 Å². The lowest BCUT2D eigenvalue weighted by Crippen LogP contribution is -2.38. The van der Waals surface area contributed by atoms with E-state index in [0.29, 0.717) is 29.7 Å². The van der Waals surface area contributed by atoms with Crippen LogP contribution in [0.15, 0.2) is 29.3 Å². The number of benzene rings is 1. The standard InChI is InChI=1S/C18H23N5O4S/c1-5-27-17(24)15-11(2)21-16(28-15)12(3)22-18(19-4)20-10-13-6-8-14(9-7-13)23(25)26/h6-9,12H,5,10H2,1-4H3,(H2,19,20,22). The number of carbonyl (C=O) groups is 1. The highest BCUT2D eigenvalue weighted by molar-refractivity contribution is 7.13. The van der Waals surface area contributed by atoms with E-state index >= 15 is 0 Å². The molecule has 150 valence electrons. The van der Waals surface area contributed by atoms with Gasteiger partial charge in [-0.15, -0.1) is 11.3 Å². The maximum Gasteiger partial charge on any atom is 0.350 e. The number of thiazole rings is 1. The first-order valence-corrected chi connectivity index (χ1v) is 9.52. The predicted molar refractivity (Wildman–Crippen MR) is 108 cm³/mol. The van der Waals surface area contributed by atoms with Crippen LogP contribution < -0.4 is 10.6 Å². The van der Waals surface area contributed by atoms with Gasteiger partial charge in [0.2, 0.25) is 0 Å². The van der Waals surface area contributed by atoms with Gasteiger partial charge < -0.3 is 15.4 Å². The summed E-state index contributed by atoms with van der Waals surface area (Å²) >= 11 is 1.29. The molecule has 0 bridgehead atoms. The van der Waals surface area contributed by atoms with E-state index < -0.39 is 4.92 Å². The molecule has 1 atom stereocenters. The van der Waals surface area contributed by atoms with Crippen LogP contribution in [0.2, 0.25) is 0 Å². The molecule has 10 heteroatoms. The zero-order chi connectivity index (χ0) is 20.7. The average Bonchev–Trinajstić information content (AvgIpc) is 3.07. The van der Waals surface area contributed by atoms with Crippen molar-refractivity contribution in [3.8, 4) is 0 Å². The molecule has 0 saturated heterocycles. The summed E-state index contributed by atoms with van der Waals surface area (Å²) in [5, 5.41) is 17.8. The highest BCUT2D eigenvalue weighted by atomic mass is 32.1. The SMILES string of the molecule is CCOC(=O)c1sc(C(C)NC(=NC)NCc2ccc([N+](=O)[O-])cc2)nc1C. The fourth-order valence-corrected chi connectivity index (χ4v) is 3.33. The lowest BCUT2D eigenvalue weighted by Gasteiger charge is -2.16. The van der Waals surface area contributed by atoms with Gasteiger partial charge in [0.25, 0.3) is 5.69 Å². The van der Waals surface area contributed by atoms with Gasteiger partial charge in [-0.3, -0.25) is 15.1 Å². The van der Waals surface area contributed by atoms with Gasteiger partial charge in [0, 0.05) is 25.7 Å². The Labute approximate surface area is 167 Å². The minimum Gasteiger partial charge on any atom is -0.462 e. The second-order valence-electron chi connectivity index (χ2n) is 5.90. The van der Waals surface area contributed by atoms with Crippen molar-refractivity contribution in [2.45, 2.75) is 33.4 Å². The van der Waals surface area contributed by atoms with Crippen LogP contribution in [0.1, 0.15) is 45.8 Å². The van der Waals surface area contributed by atoms with E-state index in [-0.39, 0.29) is 17.7 Å². The number of ether oxygens (including phenoxy) is 1. The minimum absolute atomic E-state index is 0.0522. The molecule has 2 N–H and O–H groups in total. The van der Waals surface area contributed by atoms with Crippen molar-refractivity contribution in [2.24, 2.45) is 4.99 Å². The van der Waals surface area contributed by atoms with Crippen LogP contribution in [-0.4, -0.2) is 35.5 Å². The number of aliphatic imine (C=N–C) groups is 1. The van der Waals surface area contributed by atoms with E-state index in [1.54, 1.807) is 33.0 Å². The summed E-state index contributed by atoms with van der Waals surface area (Å²) in [7, 11) is 1.65. The molecule has 0 aliphatic heterocycles. The Morgan fingerprint density at radius 1 is 1.39 bits per heavy atom. The number of hydrogen-bond donors (Lipinski definition) is 2. The van der Waals surface area contributed by atoms with Gasteiger partial charge in [0.05, 0.1) is 23.3 Å². The number of aromatic nitrogens is 1. The number of non-ortho nitro benzene ring substituents is 1. The van der Waals surface area contributed by atoms with E-state index in [2.05, 4.69) is 20.6 Å². The fraction of sp³-hybridized carbons (Fsp3) is 0.389. The van der Waals surface area contributed by atoms with Crippen molar-refractivity contribution < 1.29 is 14.5 Å². The van der Waals surface area contributed by atoms with Crippen molar-refractivity contribution in [3.63, 3.8) is 0 Å². The van der Waals surface area contributed by atoms with Gasteiger partial charge >= 0.3 is 5.97 Å². The first-order valence-electron chi connectivity index (χ1n) is 8.70. The highest BCUT2D eigenvalue weighted by Gasteiger charge is 2.20. The number of nitrogens with one attached hydrogen (secondary N) is 2. The first kappa shape index (κ1) is 21.3. The summed E-state index contributed by atoms with van der Waals surface area (Å²) in [6.07, 6.45) is 0. The number of carbonyl (C=O) groups excluding carboxylic acids is 1. The number of nitro benzene ring substituents is 1. The van der Waals surface area contributed by atoms with Gasteiger partial charge in [-0.1, -0.05) is 12.1 Å². The lowest BCUT2D eigenvalue weighted by molar-refractivity contribution is -0.384. The molecule has 1 unspecified atom stereocenters. The van der Waals surface area contributed by atoms with E-state index in [0.717, 1.165) is 10.6 Å². The fourth-order valence-electron chi connectivity index (χ4n) is 2.37. The predicted octanol–water partition coefficient (Wildman–Crippen LogP) is 2.96. The molecule has 0 aliphatic carbocycles. The highest BCUT2D eigenvalue weighted by Crippen LogP contribution is 2.24. The molecule has 1 aromatic carbocycles. The molecule has 0 radical (unpaired) electrons. The summed E-state index contributed by atoms with van der Waals surface area (Å²) in [5.74, 6) is 0.188. The van der Waals surface area contributed by atoms with E-state index in [1.807, 2.05) is 6.92 Å². The quantitative estimate of drug-likeness (QED) is 0.239. The van der Waals surface area contributed by atoms with E-state index in [9.17, 15) is 14.9 Å². The maximum atomic E-state index is 12.0. The van der Waals surface area contributed by atoms with Gasteiger partial charge in [0.1, 0.15) is 9.88 Å². The molecule has 1 heterocycles. The van der Waals surface area contributed by atoms with Crippen molar-refractivity contribution >= 4 is 29.0 Å². The molecule has 28 heavy (non-hydrogen) atoms. The Kier molecular flexibility index (Phi) is 7.44. The second kappa shape index (κ2) is 9.79. The zero-order valence-corrected chi connectivity index (χ0v) is 17.0. The topological polar surface area (TPSA) is 119 Å². The third kappa shape index (κ3) is 5.49. The number of nitro groups is 1. The third-order valence-electron chi connectivity index (χ3n) is 3.83. The van der Waals surface area contributed by atoms with Gasteiger partial charge in [-0.2, -0.15) is 0 Å². The van der Waals surface area contributed by atoms with Gasteiger partial charge in [-0.05, 0) is 26.3 Å². The second-order valence-corrected chi connectivity index (χ2v) is 6.93. The molecule has 2 aromatic rings. The Balaban J connectivity index is 1.97. The summed E-state index contributed by atoms with van der Waals surface area (Å²) in [4.78, 5) is 31.4. The van der Waals surface area contributed by atoms with Gasteiger partial charge in [0.15, 0.2) is 5.96 Å². The molecule has 0 fully saturated rings. The molecular formula is C18H23N5O4S. The van der Waals surface area contributed by atoms with E-state index in [4.69, 9.17) is 4.74 Å². The number of guanidine groups is 1.